The SMILES string of the molecule is CC(CCC(=O)O)C1CCC2C3C(O)CC4CCCC(OC(=O)C(Cl)(Cl)Cl)C4(C)C3CC(O)C12C. The van der Waals surface area contributed by atoms with Gasteiger partial charge in [0.05, 0.1) is 12.2 Å². The van der Waals surface area contributed by atoms with Crippen LogP contribution in [0.2, 0.25) is 0 Å². The molecule has 200 valence electrons. The number of hydrogen-bond donors (Lipinski definition) is 3. The van der Waals surface area contributed by atoms with Crippen LogP contribution in [-0.4, -0.2) is 49.4 Å². The Morgan fingerprint density at radius 3 is 2.34 bits per heavy atom. The van der Waals surface area contributed by atoms with Crippen LogP contribution in [0.3, 0.4) is 0 Å². The van der Waals surface area contributed by atoms with Crippen LogP contribution in [-0.2, 0) is 14.3 Å². The molecule has 4 fully saturated rings. The summed E-state index contributed by atoms with van der Waals surface area (Å²) < 4.78 is 3.70. The Morgan fingerprint density at radius 2 is 1.71 bits per heavy atom. The van der Waals surface area contributed by atoms with Crippen molar-refractivity contribution >= 4 is 46.7 Å². The van der Waals surface area contributed by atoms with E-state index in [2.05, 4.69) is 20.8 Å². The smallest absolute Gasteiger partial charge is 0.358 e. The molecule has 0 heterocycles. The van der Waals surface area contributed by atoms with Gasteiger partial charge in [0.1, 0.15) is 6.10 Å². The van der Waals surface area contributed by atoms with Gasteiger partial charge in [0.2, 0.25) is 0 Å². The first kappa shape index (κ1) is 27.8. The Labute approximate surface area is 223 Å². The molecular formula is C26H39Cl3O6. The van der Waals surface area contributed by atoms with Gasteiger partial charge in [-0.3, -0.25) is 4.79 Å². The van der Waals surface area contributed by atoms with Crippen LogP contribution in [0.15, 0.2) is 0 Å². The van der Waals surface area contributed by atoms with E-state index >= 15 is 0 Å². The molecule has 0 amide bonds. The van der Waals surface area contributed by atoms with Crippen molar-refractivity contribution in [3.63, 3.8) is 0 Å². The topological polar surface area (TPSA) is 104 Å². The Hall–Kier alpha value is -0.270. The summed E-state index contributed by atoms with van der Waals surface area (Å²) in [6.07, 6.45) is 4.66. The second-order valence-corrected chi connectivity index (χ2v) is 14.5. The Balaban J connectivity index is 1.64. The number of halogens is 3. The zero-order valence-corrected chi connectivity index (χ0v) is 23.0. The molecule has 4 saturated carbocycles. The van der Waals surface area contributed by atoms with Gasteiger partial charge < -0.3 is 20.1 Å². The van der Waals surface area contributed by atoms with Crippen molar-refractivity contribution in [1.82, 2.24) is 0 Å². The van der Waals surface area contributed by atoms with Crippen molar-refractivity contribution in [1.29, 1.82) is 0 Å². The van der Waals surface area contributed by atoms with E-state index in [9.17, 15) is 24.9 Å². The molecule has 6 nitrogen and oxygen atoms in total. The fraction of sp³-hybridized carbons (Fsp3) is 0.923. The van der Waals surface area contributed by atoms with Gasteiger partial charge in [0.25, 0.3) is 3.79 Å². The van der Waals surface area contributed by atoms with Crippen LogP contribution < -0.4 is 0 Å². The summed E-state index contributed by atoms with van der Waals surface area (Å²) in [5.41, 5.74) is -0.815. The van der Waals surface area contributed by atoms with E-state index in [1.165, 1.54) is 0 Å². The van der Waals surface area contributed by atoms with Crippen molar-refractivity contribution in [2.45, 2.75) is 101 Å². The number of hydrogen-bond acceptors (Lipinski definition) is 5. The standard InChI is InChI=1S/C26H39Cl3O6/c1-13(7-10-21(32)33)15-8-9-16-22-17(12-19(31)25(15,16)3)24(2)14(11-18(22)30)5-4-6-20(24)35-23(34)26(27,28)29/h13-20,22,30-31H,4-12H2,1-3H3,(H,32,33). The average Bonchev–Trinajstić information content (AvgIpc) is 3.12. The lowest BCUT2D eigenvalue weighted by Gasteiger charge is -2.64. The fourth-order valence-electron chi connectivity index (χ4n) is 9.12. The summed E-state index contributed by atoms with van der Waals surface area (Å²) in [5, 5.41) is 32.3. The van der Waals surface area contributed by atoms with E-state index in [1.807, 2.05) is 0 Å². The number of aliphatic carboxylic acids is 1. The zero-order chi connectivity index (χ0) is 25.9. The lowest BCUT2D eigenvalue weighted by Crippen LogP contribution is -2.65. The lowest BCUT2D eigenvalue weighted by molar-refractivity contribution is -0.231. The molecule has 9 heteroatoms. The van der Waals surface area contributed by atoms with Gasteiger partial charge in [-0.05, 0) is 92.3 Å². The maximum atomic E-state index is 12.5. The van der Waals surface area contributed by atoms with E-state index in [1.54, 1.807) is 0 Å². The number of carboxylic acid groups (broad SMARTS) is 1. The molecule has 0 aromatic carbocycles. The average molecular weight is 554 g/mol. The molecule has 0 aromatic rings. The van der Waals surface area contributed by atoms with Gasteiger partial charge >= 0.3 is 11.9 Å². The minimum Gasteiger partial charge on any atom is -0.481 e. The first-order valence-corrected chi connectivity index (χ1v) is 14.2. The first-order chi connectivity index (χ1) is 16.2. The number of fused-ring (bicyclic) bond motifs is 5. The summed E-state index contributed by atoms with van der Waals surface area (Å²) in [5.74, 6) is -1.06. The minimum absolute atomic E-state index is 0.0200. The predicted molar refractivity (Wildman–Crippen MR) is 134 cm³/mol. The Bertz CT molecular complexity index is 832. The van der Waals surface area contributed by atoms with Crippen LogP contribution in [0.25, 0.3) is 0 Å². The van der Waals surface area contributed by atoms with Gasteiger partial charge in [-0.25, -0.2) is 4.79 Å². The summed E-state index contributed by atoms with van der Waals surface area (Å²) in [7, 11) is 0. The Kier molecular flexibility index (Phi) is 7.77. The van der Waals surface area contributed by atoms with Crippen molar-refractivity contribution in [2.24, 2.45) is 46.3 Å². The van der Waals surface area contributed by atoms with Crippen LogP contribution in [0, 0.1) is 46.3 Å². The van der Waals surface area contributed by atoms with E-state index < -0.39 is 39.5 Å². The highest BCUT2D eigenvalue weighted by atomic mass is 35.6. The van der Waals surface area contributed by atoms with Crippen molar-refractivity contribution in [3.8, 4) is 0 Å². The molecule has 3 N–H and O–H groups in total. The van der Waals surface area contributed by atoms with Crippen LogP contribution in [0.1, 0.15) is 78.6 Å². The molecular weight excluding hydrogens is 515 g/mol. The van der Waals surface area contributed by atoms with Gasteiger partial charge in [0.15, 0.2) is 0 Å². The number of carbonyl (C=O) groups is 2. The lowest BCUT2D eigenvalue weighted by atomic mass is 9.42. The van der Waals surface area contributed by atoms with Gasteiger partial charge in [0, 0.05) is 11.8 Å². The molecule has 4 aliphatic rings. The van der Waals surface area contributed by atoms with Crippen LogP contribution >= 0.6 is 34.8 Å². The summed E-state index contributed by atoms with van der Waals surface area (Å²) in [6, 6.07) is 0. The molecule has 0 spiro atoms. The number of carboxylic acids is 1. The summed E-state index contributed by atoms with van der Waals surface area (Å²) in [6.45, 7) is 6.39. The van der Waals surface area contributed by atoms with Gasteiger partial charge in [-0.2, -0.15) is 0 Å². The summed E-state index contributed by atoms with van der Waals surface area (Å²) >= 11 is 17.5. The number of alkyl halides is 3. The number of carbonyl (C=O) groups excluding carboxylic acids is 1. The second-order valence-electron chi connectivity index (χ2n) is 12.2. The number of rotatable bonds is 5. The Morgan fingerprint density at radius 1 is 1.03 bits per heavy atom. The van der Waals surface area contributed by atoms with Gasteiger partial charge in [-0.15, -0.1) is 0 Å². The molecule has 4 rings (SSSR count). The minimum atomic E-state index is -2.15. The van der Waals surface area contributed by atoms with Crippen LogP contribution in [0.4, 0.5) is 0 Å². The molecule has 11 unspecified atom stereocenters. The molecule has 0 bridgehead atoms. The van der Waals surface area contributed by atoms with Gasteiger partial charge in [-0.1, -0.05) is 55.6 Å². The first-order valence-electron chi connectivity index (χ1n) is 13.1. The van der Waals surface area contributed by atoms with Crippen molar-refractivity contribution < 1.29 is 29.6 Å². The highest BCUT2D eigenvalue weighted by Gasteiger charge is 2.67. The van der Waals surface area contributed by atoms with Crippen molar-refractivity contribution in [3.05, 3.63) is 0 Å². The highest BCUT2D eigenvalue weighted by Crippen LogP contribution is 2.68. The maximum absolute atomic E-state index is 12.5. The third kappa shape index (κ3) is 4.62. The monoisotopic (exact) mass is 552 g/mol. The third-order valence-electron chi connectivity index (χ3n) is 10.9. The van der Waals surface area contributed by atoms with E-state index in [4.69, 9.17) is 39.5 Å². The molecule has 11 atom stereocenters. The van der Waals surface area contributed by atoms with Crippen LogP contribution in [0.5, 0.6) is 0 Å². The molecule has 0 radical (unpaired) electrons. The second kappa shape index (κ2) is 9.80. The summed E-state index contributed by atoms with van der Waals surface area (Å²) in [4.78, 5) is 23.7. The highest BCUT2D eigenvalue weighted by molar-refractivity contribution is 6.75. The normalized spacial score (nSPS) is 46.2. The number of ether oxygens (including phenoxy) is 1. The number of esters is 1. The fourth-order valence-corrected chi connectivity index (χ4v) is 9.26. The molecule has 0 aromatic heterocycles. The quantitative estimate of drug-likeness (QED) is 0.312. The van der Waals surface area contributed by atoms with Crippen molar-refractivity contribution in [2.75, 3.05) is 0 Å². The maximum Gasteiger partial charge on any atom is 0.358 e. The number of aliphatic hydroxyl groups is 2. The number of aliphatic hydroxyl groups excluding tert-OH is 2. The predicted octanol–water partition coefficient (Wildman–Crippen LogP) is 5.37. The van der Waals surface area contributed by atoms with E-state index in [-0.39, 0.29) is 47.3 Å². The molecule has 4 aliphatic carbocycles. The largest absolute Gasteiger partial charge is 0.481 e. The zero-order valence-electron chi connectivity index (χ0n) is 20.8. The molecule has 0 aliphatic heterocycles. The third-order valence-corrected chi connectivity index (χ3v) is 11.3. The van der Waals surface area contributed by atoms with E-state index in [0.717, 1.165) is 25.7 Å². The molecule has 0 saturated heterocycles. The van der Waals surface area contributed by atoms with E-state index in [0.29, 0.717) is 25.7 Å². The molecule has 35 heavy (non-hydrogen) atoms.